The Morgan fingerprint density at radius 3 is 1.29 bits per heavy atom. The molecule has 0 N–H and O–H groups in total. The van der Waals surface area contributed by atoms with E-state index in [0.717, 1.165) is 34.1 Å². The van der Waals surface area contributed by atoms with E-state index in [1.165, 1.54) is 165 Å². The van der Waals surface area contributed by atoms with E-state index in [0.29, 0.717) is 0 Å². The molecule has 0 saturated heterocycles. The van der Waals surface area contributed by atoms with Gasteiger partial charge in [-0.1, -0.05) is 254 Å². The van der Waals surface area contributed by atoms with E-state index in [1.54, 1.807) is 0 Å². The molecule has 0 aliphatic heterocycles. The van der Waals surface area contributed by atoms with E-state index >= 15 is 0 Å². The quantitative estimate of drug-likeness (QED) is 0.140. The van der Waals surface area contributed by atoms with Gasteiger partial charge in [-0.3, -0.25) is 0 Å². The number of nitrogens with zero attached hydrogens (tertiary/aromatic N) is 2. The summed E-state index contributed by atoms with van der Waals surface area (Å²) in [5.41, 5.74) is 31.9. The van der Waals surface area contributed by atoms with E-state index in [4.69, 9.17) is 0 Å². The molecule has 0 fully saturated rings. The molecule has 0 heterocycles. The first kappa shape index (κ1) is 55.8. The Kier molecular flexibility index (Phi) is 11.6. The minimum Gasteiger partial charge on any atom is -0.310 e. The fourth-order valence-electron chi connectivity index (χ4n) is 18.2. The summed E-state index contributed by atoms with van der Waals surface area (Å²) in [4.78, 5) is 5.02. The van der Waals surface area contributed by atoms with Crippen LogP contribution in [0.3, 0.4) is 0 Å². The Bertz CT molecular complexity index is 6070. The smallest absolute Gasteiger partial charge is 0.0540 e. The summed E-state index contributed by atoms with van der Waals surface area (Å²) in [6.07, 6.45) is 0. The van der Waals surface area contributed by atoms with Crippen LogP contribution in [-0.4, -0.2) is 0 Å². The fraction of sp³-hybridized carbons (Fsp3) is 0.0947. The Labute approximate surface area is 566 Å². The van der Waals surface area contributed by atoms with Crippen molar-refractivity contribution in [2.75, 3.05) is 9.80 Å². The summed E-state index contributed by atoms with van der Waals surface area (Å²) in [6, 6.07) is 116. The lowest BCUT2D eigenvalue weighted by atomic mass is 9.68. The molecule has 2 nitrogen and oxygen atoms in total. The van der Waals surface area contributed by atoms with Gasteiger partial charge in [0.25, 0.3) is 0 Å². The normalized spacial score (nSPS) is 14.3. The third kappa shape index (κ3) is 7.90. The Morgan fingerprint density at radius 2 is 0.619 bits per heavy atom. The van der Waals surface area contributed by atoms with Crippen molar-refractivity contribution < 1.29 is 0 Å². The number of rotatable bonds is 8. The number of fused-ring (bicyclic) bond motifs is 14. The number of hydrogen-bond acceptors (Lipinski definition) is 2. The summed E-state index contributed by atoms with van der Waals surface area (Å²) in [7, 11) is 0. The van der Waals surface area contributed by atoms with Crippen molar-refractivity contribution in [3.05, 3.63) is 337 Å². The second-order valence-corrected chi connectivity index (χ2v) is 29.1. The molecule has 4 aliphatic rings. The van der Waals surface area contributed by atoms with Gasteiger partial charge in [0.2, 0.25) is 0 Å². The Balaban J connectivity index is 0.879. The lowest BCUT2D eigenvalue weighted by Crippen LogP contribution is -2.24. The van der Waals surface area contributed by atoms with E-state index < -0.39 is 0 Å². The van der Waals surface area contributed by atoms with E-state index in [-0.39, 0.29) is 16.2 Å². The van der Waals surface area contributed by atoms with Gasteiger partial charge < -0.3 is 9.80 Å². The largest absolute Gasteiger partial charge is 0.310 e. The molecule has 0 unspecified atom stereocenters. The molecule has 0 aromatic heterocycles. The number of anilines is 6. The summed E-state index contributed by atoms with van der Waals surface area (Å²) in [5, 5.41) is 12.5. The predicted molar refractivity (Wildman–Crippen MR) is 411 cm³/mol. The zero-order valence-electron chi connectivity index (χ0n) is 55.3. The van der Waals surface area contributed by atoms with Gasteiger partial charge >= 0.3 is 0 Å². The second-order valence-electron chi connectivity index (χ2n) is 29.1. The van der Waals surface area contributed by atoms with Crippen molar-refractivity contribution in [2.24, 2.45) is 0 Å². The van der Waals surface area contributed by atoms with Gasteiger partial charge in [0, 0.05) is 50.1 Å². The highest BCUT2D eigenvalue weighted by Crippen LogP contribution is 2.58. The standard InChI is InChI=1S/C95H68N2/c1-93(2)82-36-18-17-32-69(82)70-43-38-60(52-84(70)93)90-76-46-41-64(96(62-26-9-7-10-27-62)66-40-45-71-74-33-19-24-57-25-20-37-83(91(57)74)94(3,4)87(71)56-66)54-80(76)89(61-39-44-72-79-50-58-22-13-14-23-59(58)51-86(79)95(5,6)85(72)53-61)77-47-42-65(55-81(77)90)97(63-28-11-8-12-29-63)88-49-48-75-68-31-16-15-30-67(68)73-34-21-35-78(88)92(73)75/h7-56H,1-6H3. The average molecular weight is 1240 g/mol. The highest BCUT2D eigenvalue weighted by molar-refractivity contribution is 6.24. The molecule has 16 aromatic carbocycles. The highest BCUT2D eigenvalue weighted by atomic mass is 15.1. The van der Waals surface area contributed by atoms with Crippen molar-refractivity contribution >= 4 is 88.0 Å². The average Bonchev–Trinajstić information content (AvgIpc) is 1.50. The third-order valence-corrected chi connectivity index (χ3v) is 22.9. The Morgan fingerprint density at radius 1 is 0.206 bits per heavy atom. The predicted octanol–water partition coefficient (Wildman–Crippen LogP) is 26.3. The maximum Gasteiger partial charge on any atom is 0.0540 e. The minimum absolute atomic E-state index is 0.222. The van der Waals surface area contributed by atoms with Gasteiger partial charge in [-0.15, -0.1) is 0 Å². The van der Waals surface area contributed by atoms with Crippen LogP contribution in [0.1, 0.15) is 74.9 Å². The molecular weight excluding hydrogens is 1170 g/mol. The van der Waals surface area contributed by atoms with Crippen molar-refractivity contribution in [1.29, 1.82) is 0 Å². The van der Waals surface area contributed by atoms with Crippen LogP contribution in [0.2, 0.25) is 0 Å². The molecule has 4 aliphatic carbocycles. The lowest BCUT2D eigenvalue weighted by Gasteiger charge is -2.36. The van der Waals surface area contributed by atoms with Crippen molar-refractivity contribution in [1.82, 2.24) is 0 Å². The van der Waals surface area contributed by atoms with Crippen LogP contribution in [0, 0.1) is 0 Å². The third-order valence-electron chi connectivity index (χ3n) is 22.9. The first-order valence-corrected chi connectivity index (χ1v) is 34.4. The molecule has 0 saturated carbocycles. The summed E-state index contributed by atoms with van der Waals surface area (Å²) < 4.78 is 0. The maximum absolute atomic E-state index is 2.56. The lowest BCUT2D eigenvalue weighted by molar-refractivity contribution is 0.645. The van der Waals surface area contributed by atoms with Crippen LogP contribution < -0.4 is 9.80 Å². The molecule has 97 heavy (non-hydrogen) atoms. The van der Waals surface area contributed by atoms with E-state index in [2.05, 4.69) is 355 Å². The Hall–Kier alpha value is -11.6. The van der Waals surface area contributed by atoms with Crippen LogP contribution in [0.25, 0.3) is 132 Å². The molecule has 0 spiro atoms. The molecule has 0 bridgehead atoms. The van der Waals surface area contributed by atoms with Crippen LogP contribution in [0.15, 0.2) is 303 Å². The summed E-state index contributed by atoms with van der Waals surface area (Å²) in [6.45, 7) is 14.5. The topological polar surface area (TPSA) is 6.48 Å². The van der Waals surface area contributed by atoms with Gasteiger partial charge in [0.15, 0.2) is 0 Å². The van der Waals surface area contributed by atoms with Crippen LogP contribution in [0.4, 0.5) is 34.1 Å². The molecule has 458 valence electrons. The maximum atomic E-state index is 2.56. The van der Waals surface area contributed by atoms with Gasteiger partial charge in [0.1, 0.15) is 0 Å². The van der Waals surface area contributed by atoms with Gasteiger partial charge in [-0.05, 0) is 251 Å². The molecular formula is C95H68N2. The second kappa shape index (κ2) is 20.2. The van der Waals surface area contributed by atoms with Gasteiger partial charge in [-0.25, -0.2) is 0 Å². The van der Waals surface area contributed by atoms with Crippen molar-refractivity contribution in [2.45, 2.75) is 57.8 Å². The molecule has 0 atom stereocenters. The van der Waals surface area contributed by atoms with Gasteiger partial charge in [0.05, 0.1) is 5.69 Å². The molecule has 2 heteroatoms. The van der Waals surface area contributed by atoms with Crippen molar-refractivity contribution in [3.63, 3.8) is 0 Å². The molecule has 20 rings (SSSR count). The molecule has 16 aromatic rings. The van der Waals surface area contributed by atoms with Gasteiger partial charge in [-0.2, -0.15) is 0 Å². The van der Waals surface area contributed by atoms with Crippen LogP contribution >= 0.6 is 0 Å². The first-order valence-electron chi connectivity index (χ1n) is 34.4. The van der Waals surface area contributed by atoms with Crippen molar-refractivity contribution in [3.8, 4) is 77.9 Å². The SMILES string of the molecule is CC1(C)c2ccccc2-c2ccc(-c3c4ccc(N(c5ccccc5)c5ccc6c(c5)C(C)(C)c5cccc7cccc-6c57)cc4c(-c4ccc5c(c4)C(C)(C)c4cc6ccccc6cc4-5)c4ccc(N(c5ccccc5)c5ccc6c7c(cccc57)-c5ccccc5-6)cc34)cc21. The number of benzene rings is 16. The van der Waals surface area contributed by atoms with Crippen LogP contribution in [0.5, 0.6) is 0 Å². The van der Waals surface area contributed by atoms with E-state index in [9.17, 15) is 0 Å². The fourth-order valence-corrected chi connectivity index (χ4v) is 18.2. The number of para-hydroxylation sites is 2. The van der Waals surface area contributed by atoms with Crippen LogP contribution in [-0.2, 0) is 16.2 Å². The molecule has 0 amide bonds. The summed E-state index contributed by atoms with van der Waals surface area (Å²) in [5.74, 6) is 0. The monoisotopic (exact) mass is 1240 g/mol. The minimum atomic E-state index is -0.267. The zero-order chi connectivity index (χ0) is 64.8. The van der Waals surface area contributed by atoms with E-state index in [1.807, 2.05) is 0 Å². The number of hydrogen-bond donors (Lipinski definition) is 0. The summed E-state index contributed by atoms with van der Waals surface area (Å²) >= 11 is 0. The zero-order valence-corrected chi connectivity index (χ0v) is 55.3. The highest BCUT2D eigenvalue weighted by Gasteiger charge is 2.39. The first-order chi connectivity index (χ1) is 47.4. The molecule has 0 radical (unpaired) electrons.